The van der Waals surface area contributed by atoms with Gasteiger partial charge in [0.15, 0.2) is 18.1 Å². The first-order valence-corrected chi connectivity index (χ1v) is 8.78. The molecule has 0 saturated heterocycles. The van der Waals surface area contributed by atoms with E-state index in [0.29, 0.717) is 24.7 Å². The summed E-state index contributed by atoms with van der Waals surface area (Å²) in [6.07, 6.45) is -4.53. The van der Waals surface area contributed by atoms with Crippen LogP contribution in [0.25, 0.3) is 0 Å². The molecule has 0 aliphatic heterocycles. The van der Waals surface area contributed by atoms with Crippen molar-refractivity contribution in [3.8, 4) is 11.5 Å². The van der Waals surface area contributed by atoms with Crippen LogP contribution in [0.3, 0.4) is 0 Å². The maximum atomic E-state index is 12.7. The lowest BCUT2D eigenvalue weighted by Crippen LogP contribution is -2.21. The number of carbonyl (C=O) groups is 2. The predicted octanol–water partition coefficient (Wildman–Crippen LogP) is 4.30. The average Bonchev–Trinajstić information content (AvgIpc) is 2.67. The van der Waals surface area contributed by atoms with Gasteiger partial charge in [-0.05, 0) is 50.2 Å². The molecule has 1 N–H and O–H groups in total. The Morgan fingerprint density at radius 2 is 1.66 bits per heavy atom. The Labute approximate surface area is 165 Å². The second kappa shape index (κ2) is 9.81. The Bertz CT molecular complexity index is 867. The van der Waals surface area contributed by atoms with Crippen LogP contribution in [0.2, 0.25) is 0 Å². The number of halogens is 3. The standard InChI is InChI=1S/C20H20F3NO5/c1-3-27-16-9-8-13(10-17(16)28-4-2)19(26)29-12-18(25)24-15-7-5-6-14(11-15)20(21,22)23/h5-11H,3-4,12H2,1-2H3,(H,24,25). The average molecular weight is 411 g/mol. The molecular formula is C20H20F3NO5. The normalized spacial score (nSPS) is 10.9. The number of anilines is 1. The van der Waals surface area contributed by atoms with Crippen molar-refractivity contribution in [1.29, 1.82) is 0 Å². The van der Waals surface area contributed by atoms with Crippen molar-refractivity contribution in [3.05, 3.63) is 53.6 Å². The maximum Gasteiger partial charge on any atom is 0.416 e. The summed E-state index contributed by atoms with van der Waals surface area (Å²) in [5, 5.41) is 2.26. The number of alkyl halides is 3. The lowest BCUT2D eigenvalue weighted by molar-refractivity contribution is -0.137. The zero-order valence-corrected chi connectivity index (χ0v) is 15.8. The molecule has 1 amide bonds. The first kappa shape index (κ1) is 22.1. The minimum atomic E-state index is -4.53. The first-order valence-electron chi connectivity index (χ1n) is 8.78. The van der Waals surface area contributed by atoms with Crippen LogP contribution < -0.4 is 14.8 Å². The molecule has 0 aliphatic carbocycles. The molecule has 0 radical (unpaired) electrons. The van der Waals surface area contributed by atoms with Crippen LogP contribution in [0, 0.1) is 0 Å². The third-order valence-corrected chi connectivity index (χ3v) is 3.59. The van der Waals surface area contributed by atoms with E-state index in [1.165, 1.54) is 24.3 Å². The molecule has 0 heterocycles. The van der Waals surface area contributed by atoms with Crippen LogP contribution in [-0.4, -0.2) is 31.7 Å². The summed E-state index contributed by atoms with van der Waals surface area (Å²) in [5.74, 6) is -0.729. The summed E-state index contributed by atoms with van der Waals surface area (Å²) in [5.41, 5.74) is -0.811. The van der Waals surface area contributed by atoms with E-state index in [0.717, 1.165) is 12.1 Å². The van der Waals surface area contributed by atoms with Crippen molar-refractivity contribution in [1.82, 2.24) is 0 Å². The number of hydrogen-bond donors (Lipinski definition) is 1. The first-order chi connectivity index (χ1) is 13.7. The van der Waals surface area contributed by atoms with Crippen LogP contribution in [0.1, 0.15) is 29.8 Å². The van der Waals surface area contributed by atoms with Crippen LogP contribution in [0.5, 0.6) is 11.5 Å². The van der Waals surface area contributed by atoms with Crippen LogP contribution >= 0.6 is 0 Å². The van der Waals surface area contributed by atoms with E-state index >= 15 is 0 Å². The summed E-state index contributed by atoms with van der Waals surface area (Å²) in [4.78, 5) is 24.1. The number of ether oxygens (including phenoxy) is 3. The minimum absolute atomic E-state index is 0.0550. The fourth-order valence-electron chi connectivity index (χ4n) is 2.36. The number of benzene rings is 2. The van der Waals surface area contributed by atoms with Gasteiger partial charge >= 0.3 is 12.1 Å². The van der Waals surface area contributed by atoms with Gasteiger partial charge in [0.25, 0.3) is 5.91 Å². The monoisotopic (exact) mass is 411 g/mol. The number of rotatable bonds is 8. The van der Waals surface area contributed by atoms with E-state index in [2.05, 4.69) is 5.32 Å². The molecule has 2 aromatic rings. The molecule has 0 bridgehead atoms. The summed E-state index contributed by atoms with van der Waals surface area (Å²) >= 11 is 0. The zero-order valence-electron chi connectivity index (χ0n) is 15.8. The molecule has 0 spiro atoms. The largest absolute Gasteiger partial charge is 0.490 e. The van der Waals surface area contributed by atoms with E-state index in [1.807, 2.05) is 0 Å². The third-order valence-electron chi connectivity index (χ3n) is 3.59. The maximum absolute atomic E-state index is 12.7. The van der Waals surface area contributed by atoms with E-state index in [-0.39, 0.29) is 11.3 Å². The second-order valence-electron chi connectivity index (χ2n) is 5.73. The molecule has 9 heteroatoms. The van der Waals surface area contributed by atoms with E-state index in [4.69, 9.17) is 14.2 Å². The summed E-state index contributed by atoms with van der Waals surface area (Å²) in [6.45, 7) is 3.70. The van der Waals surface area contributed by atoms with Gasteiger partial charge in [-0.15, -0.1) is 0 Å². The van der Waals surface area contributed by atoms with Crippen LogP contribution in [-0.2, 0) is 15.7 Å². The van der Waals surface area contributed by atoms with Gasteiger partial charge < -0.3 is 19.5 Å². The van der Waals surface area contributed by atoms with Crippen molar-refractivity contribution in [2.45, 2.75) is 20.0 Å². The van der Waals surface area contributed by atoms with E-state index in [1.54, 1.807) is 19.9 Å². The molecule has 0 saturated carbocycles. The Kier molecular flexibility index (Phi) is 7.46. The van der Waals surface area contributed by atoms with Crippen molar-refractivity contribution >= 4 is 17.6 Å². The van der Waals surface area contributed by atoms with E-state index in [9.17, 15) is 22.8 Å². The fourth-order valence-corrected chi connectivity index (χ4v) is 2.36. The molecule has 0 aromatic heterocycles. The van der Waals surface area contributed by atoms with Gasteiger partial charge in [-0.2, -0.15) is 13.2 Å². The molecule has 0 atom stereocenters. The number of nitrogens with one attached hydrogen (secondary N) is 1. The smallest absolute Gasteiger partial charge is 0.416 e. The number of esters is 1. The quantitative estimate of drug-likeness (QED) is 0.656. The highest BCUT2D eigenvalue weighted by molar-refractivity contribution is 5.95. The van der Waals surface area contributed by atoms with Gasteiger partial charge in [-0.1, -0.05) is 6.07 Å². The Balaban J connectivity index is 1.98. The fraction of sp³-hybridized carbons (Fsp3) is 0.300. The van der Waals surface area contributed by atoms with Gasteiger partial charge in [-0.25, -0.2) is 4.79 Å². The summed E-state index contributed by atoms with van der Waals surface area (Å²) in [7, 11) is 0. The van der Waals surface area contributed by atoms with Crippen molar-refractivity contribution in [2.75, 3.05) is 25.1 Å². The summed E-state index contributed by atoms with van der Waals surface area (Å²) < 4.78 is 53.9. The van der Waals surface area contributed by atoms with E-state index < -0.39 is 30.2 Å². The molecular weight excluding hydrogens is 391 g/mol. The minimum Gasteiger partial charge on any atom is -0.490 e. The number of carbonyl (C=O) groups excluding carboxylic acids is 2. The van der Waals surface area contributed by atoms with Crippen molar-refractivity contribution < 1.29 is 37.0 Å². The molecule has 29 heavy (non-hydrogen) atoms. The third kappa shape index (κ3) is 6.41. The van der Waals surface area contributed by atoms with Crippen molar-refractivity contribution in [3.63, 3.8) is 0 Å². The lowest BCUT2D eigenvalue weighted by atomic mass is 10.2. The molecule has 0 fully saturated rings. The molecule has 6 nitrogen and oxygen atoms in total. The lowest BCUT2D eigenvalue weighted by Gasteiger charge is -2.12. The van der Waals surface area contributed by atoms with Crippen LogP contribution in [0.15, 0.2) is 42.5 Å². The highest BCUT2D eigenvalue weighted by Crippen LogP contribution is 2.31. The molecule has 2 aromatic carbocycles. The van der Waals surface area contributed by atoms with Crippen molar-refractivity contribution in [2.24, 2.45) is 0 Å². The topological polar surface area (TPSA) is 73.9 Å². The van der Waals surface area contributed by atoms with Gasteiger partial charge in [0.05, 0.1) is 24.3 Å². The van der Waals surface area contributed by atoms with Gasteiger partial charge in [0.2, 0.25) is 0 Å². The summed E-state index contributed by atoms with van der Waals surface area (Å²) in [6, 6.07) is 8.59. The molecule has 0 aliphatic rings. The zero-order chi connectivity index (χ0) is 21.4. The van der Waals surface area contributed by atoms with Gasteiger partial charge in [0, 0.05) is 5.69 Å². The predicted molar refractivity (Wildman–Crippen MR) is 99.1 cm³/mol. The Hall–Kier alpha value is -3.23. The highest BCUT2D eigenvalue weighted by Gasteiger charge is 2.30. The molecule has 0 unspecified atom stereocenters. The number of amides is 1. The highest BCUT2D eigenvalue weighted by atomic mass is 19.4. The SMILES string of the molecule is CCOc1ccc(C(=O)OCC(=O)Nc2cccc(C(F)(F)F)c2)cc1OCC. The second-order valence-corrected chi connectivity index (χ2v) is 5.73. The Morgan fingerprint density at radius 1 is 0.966 bits per heavy atom. The Morgan fingerprint density at radius 3 is 2.31 bits per heavy atom. The molecule has 2 rings (SSSR count). The molecule has 156 valence electrons. The van der Waals surface area contributed by atoms with Gasteiger partial charge in [0.1, 0.15) is 0 Å². The number of hydrogen-bond acceptors (Lipinski definition) is 5. The van der Waals surface area contributed by atoms with Gasteiger partial charge in [-0.3, -0.25) is 4.79 Å². The van der Waals surface area contributed by atoms with Crippen LogP contribution in [0.4, 0.5) is 18.9 Å².